The summed E-state index contributed by atoms with van der Waals surface area (Å²) in [4.78, 5) is 16.8. The van der Waals surface area contributed by atoms with Crippen molar-refractivity contribution in [1.29, 1.82) is 0 Å². The van der Waals surface area contributed by atoms with E-state index in [2.05, 4.69) is 5.32 Å². The second-order valence-electron chi connectivity index (χ2n) is 5.70. The van der Waals surface area contributed by atoms with E-state index >= 15 is 0 Å². The highest BCUT2D eigenvalue weighted by molar-refractivity contribution is 6.00. The molecule has 1 aliphatic heterocycles. The molecule has 0 fully saturated rings. The second kappa shape index (κ2) is 6.60. The molecule has 4 heteroatoms. The molecule has 0 aromatic heterocycles. The number of carbonyl (C=O) groups is 1. The summed E-state index contributed by atoms with van der Waals surface area (Å²) >= 11 is 0. The number of nitrogens with zero attached hydrogens (tertiary/aromatic N) is 1. The molecule has 1 N–H and O–H groups in total. The SMILES string of the molecule is COC(=O)C1=C(C)NC(C=C(C)C)=NC1c1ccc(C)cc1. The quantitative estimate of drug-likeness (QED) is 0.870. The van der Waals surface area contributed by atoms with Crippen LogP contribution in [0.1, 0.15) is 37.9 Å². The molecule has 1 aliphatic rings. The number of aryl methyl sites for hydroxylation is 1. The summed E-state index contributed by atoms with van der Waals surface area (Å²) in [5, 5.41) is 3.18. The average Bonchev–Trinajstić information content (AvgIpc) is 2.46. The molecule has 0 saturated carbocycles. The number of amidine groups is 1. The van der Waals surface area contributed by atoms with Gasteiger partial charge in [-0.15, -0.1) is 0 Å². The Labute approximate surface area is 131 Å². The summed E-state index contributed by atoms with van der Waals surface area (Å²) in [6.07, 6.45) is 1.97. The highest BCUT2D eigenvalue weighted by Gasteiger charge is 2.29. The molecule has 0 bridgehead atoms. The van der Waals surface area contributed by atoms with Crippen LogP contribution in [0.25, 0.3) is 0 Å². The molecule has 0 saturated heterocycles. The lowest BCUT2D eigenvalue weighted by atomic mass is 9.95. The fourth-order valence-electron chi connectivity index (χ4n) is 2.41. The van der Waals surface area contributed by atoms with Gasteiger partial charge in [-0.25, -0.2) is 4.79 Å². The van der Waals surface area contributed by atoms with Crippen molar-refractivity contribution in [1.82, 2.24) is 5.32 Å². The first-order valence-corrected chi connectivity index (χ1v) is 7.27. The number of ether oxygens (including phenoxy) is 1. The molecule has 0 amide bonds. The van der Waals surface area contributed by atoms with Gasteiger partial charge >= 0.3 is 5.97 Å². The van der Waals surface area contributed by atoms with Gasteiger partial charge in [-0.3, -0.25) is 4.99 Å². The fraction of sp³-hybridized carbons (Fsp3) is 0.333. The monoisotopic (exact) mass is 298 g/mol. The summed E-state index contributed by atoms with van der Waals surface area (Å²) in [7, 11) is 1.39. The number of methoxy groups -OCH3 is 1. The van der Waals surface area contributed by atoms with E-state index in [9.17, 15) is 4.79 Å². The summed E-state index contributed by atoms with van der Waals surface area (Å²) in [6, 6.07) is 7.71. The minimum atomic E-state index is -0.351. The van der Waals surface area contributed by atoms with Crippen LogP contribution in [0.2, 0.25) is 0 Å². The van der Waals surface area contributed by atoms with Crippen molar-refractivity contribution >= 4 is 11.8 Å². The van der Waals surface area contributed by atoms with Gasteiger partial charge in [-0.2, -0.15) is 0 Å². The maximum absolute atomic E-state index is 12.2. The van der Waals surface area contributed by atoms with Crippen LogP contribution in [0.3, 0.4) is 0 Å². The molecule has 2 rings (SSSR count). The summed E-state index contributed by atoms with van der Waals surface area (Å²) < 4.78 is 4.93. The zero-order valence-corrected chi connectivity index (χ0v) is 13.7. The van der Waals surface area contributed by atoms with Crippen molar-refractivity contribution in [2.75, 3.05) is 7.11 Å². The van der Waals surface area contributed by atoms with Gasteiger partial charge in [0.05, 0.1) is 12.7 Å². The van der Waals surface area contributed by atoms with Crippen molar-refractivity contribution in [2.24, 2.45) is 4.99 Å². The molecule has 1 heterocycles. The van der Waals surface area contributed by atoms with E-state index in [1.807, 2.05) is 58.0 Å². The van der Waals surface area contributed by atoms with Gasteiger partial charge in [0.2, 0.25) is 0 Å². The first-order chi connectivity index (χ1) is 10.4. The first-order valence-electron chi connectivity index (χ1n) is 7.27. The van der Waals surface area contributed by atoms with Crippen LogP contribution in [-0.4, -0.2) is 18.9 Å². The van der Waals surface area contributed by atoms with Crippen LogP contribution in [0.5, 0.6) is 0 Å². The van der Waals surface area contributed by atoms with Gasteiger partial charge < -0.3 is 10.1 Å². The standard InChI is InChI=1S/C18H22N2O2/c1-11(2)10-15-19-13(4)16(18(21)22-5)17(20-15)14-8-6-12(3)7-9-14/h6-10,17H,1-5H3,(H,19,20). The fourth-order valence-corrected chi connectivity index (χ4v) is 2.41. The van der Waals surface area contributed by atoms with Crippen molar-refractivity contribution in [3.63, 3.8) is 0 Å². The first kappa shape index (κ1) is 16.0. The van der Waals surface area contributed by atoms with E-state index in [-0.39, 0.29) is 12.0 Å². The molecule has 4 nitrogen and oxygen atoms in total. The van der Waals surface area contributed by atoms with Gasteiger partial charge in [0.1, 0.15) is 11.9 Å². The molecule has 1 atom stereocenters. The summed E-state index contributed by atoms with van der Waals surface area (Å²) in [6.45, 7) is 7.94. The van der Waals surface area contributed by atoms with E-state index < -0.39 is 0 Å². The number of nitrogens with one attached hydrogen (secondary N) is 1. The van der Waals surface area contributed by atoms with Crippen LogP contribution < -0.4 is 5.32 Å². The Morgan fingerprint density at radius 3 is 2.41 bits per heavy atom. The van der Waals surface area contributed by atoms with Crippen LogP contribution >= 0.6 is 0 Å². The third-order valence-corrected chi connectivity index (χ3v) is 3.48. The molecular weight excluding hydrogens is 276 g/mol. The maximum Gasteiger partial charge on any atom is 0.338 e. The van der Waals surface area contributed by atoms with Crippen LogP contribution in [-0.2, 0) is 9.53 Å². The topological polar surface area (TPSA) is 50.7 Å². The third-order valence-electron chi connectivity index (χ3n) is 3.48. The molecule has 1 aromatic carbocycles. The normalized spacial score (nSPS) is 17.5. The molecule has 0 aliphatic carbocycles. The van der Waals surface area contributed by atoms with Crippen LogP contribution in [0.15, 0.2) is 52.2 Å². The number of rotatable bonds is 3. The number of allylic oxidation sites excluding steroid dienone is 2. The molecule has 116 valence electrons. The Balaban J connectivity index is 2.51. The van der Waals surface area contributed by atoms with Gasteiger partial charge in [0, 0.05) is 5.70 Å². The second-order valence-corrected chi connectivity index (χ2v) is 5.70. The highest BCUT2D eigenvalue weighted by atomic mass is 16.5. The van der Waals surface area contributed by atoms with E-state index in [0.717, 1.165) is 22.7 Å². The zero-order valence-electron chi connectivity index (χ0n) is 13.7. The number of esters is 1. The lowest BCUT2D eigenvalue weighted by Gasteiger charge is -2.25. The minimum Gasteiger partial charge on any atom is -0.466 e. The van der Waals surface area contributed by atoms with E-state index in [4.69, 9.17) is 9.73 Å². The highest BCUT2D eigenvalue weighted by Crippen LogP contribution is 2.31. The smallest absolute Gasteiger partial charge is 0.338 e. The molecular formula is C18H22N2O2. The third kappa shape index (κ3) is 3.45. The maximum atomic E-state index is 12.2. The Morgan fingerprint density at radius 1 is 1.23 bits per heavy atom. The van der Waals surface area contributed by atoms with Gasteiger partial charge in [-0.05, 0) is 39.3 Å². The number of hydrogen-bond donors (Lipinski definition) is 1. The van der Waals surface area contributed by atoms with Crippen molar-refractivity contribution in [3.8, 4) is 0 Å². The molecule has 1 aromatic rings. The molecule has 22 heavy (non-hydrogen) atoms. The van der Waals surface area contributed by atoms with Crippen molar-refractivity contribution < 1.29 is 9.53 Å². The van der Waals surface area contributed by atoms with E-state index in [0.29, 0.717) is 5.57 Å². The molecule has 1 unspecified atom stereocenters. The summed E-state index contributed by atoms with van der Waals surface area (Å²) in [5.74, 6) is 0.409. The van der Waals surface area contributed by atoms with Gasteiger partial charge in [0.15, 0.2) is 0 Å². The van der Waals surface area contributed by atoms with Crippen LogP contribution in [0.4, 0.5) is 0 Å². The van der Waals surface area contributed by atoms with E-state index in [1.165, 1.54) is 12.7 Å². The van der Waals surface area contributed by atoms with Crippen molar-refractivity contribution in [2.45, 2.75) is 33.7 Å². The lowest BCUT2D eigenvalue weighted by Crippen LogP contribution is -2.31. The Hall–Kier alpha value is -2.36. The molecule has 0 radical (unpaired) electrons. The largest absolute Gasteiger partial charge is 0.466 e. The Morgan fingerprint density at radius 2 is 1.86 bits per heavy atom. The lowest BCUT2D eigenvalue weighted by molar-refractivity contribution is -0.136. The van der Waals surface area contributed by atoms with Crippen molar-refractivity contribution in [3.05, 3.63) is 58.3 Å². The predicted molar refractivity (Wildman–Crippen MR) is 88.6 cm³/mol. The number of benzene rings is 1. The Kier molecular flexibility index (Phi) is 4.81. The zero-order chi connectivity index (χ0) is 16.3. The predicted octanol–water partition coefficient (Wildman–Crippen LogP) is 3.45. The summed E-state index contributed by atoms with van der Waals surface area (Å²) in [5.41, 5.74) is 4.62. The number of carbonyl (C=O) groups excluding carboxylic acids is 1. The van der Waals surface area contributed by atoms with Gasteiger partial charge in [0.25, 0.3) is 0 Å². The van der Waals surface area contributed by atoms with Crippen LogP contribution in [0, 0.1) is 6.92 Å². The minimum absolute atomic E-state index is 0.347. The molecule has 0 spiro atoms. The van der Waals surface area contributed by atoms with E-state index in [1.54, 1.807) is 0 Å². The van der Waals surface area contributed by atoms with Gasteiger partial charge in [-0.1, -0.05) is 35.4 Å². The Bertz CT molecular complexity index is 663. The number of aliphatic imine (C=N–C) groups is 1. The number of hydrogen-bond acceptors (Lipinski definition) is 4. The average molecular weight is 298 g/mol.